The van der Waals surface area contributed by atoms with Crippen LogP contribution >= 0.6 is 0 Å². The van der Waals surface area contributed by atoms with Crippen molar-refractivity contribution in [3.05, 3.63) is 53.1 Å². The standard InChI is InChI=1S/C15H17FN4/c1-3-14(15-6-7-20(2)19-15)18-10-12-8-11(9-17)4-5-13(12)16/h4-8,14,18H,3,10H2,1-2H3. The molecule has 1 atom stereocenters. The molecule has 2 rings (SSSR count). The second kappa shape index (κ2) is 6.31. The van der Waals surface area contributed by atoms with E-state index in [9.17, 15) is 4.39 Å². The van der Waals surface area contributed by atoms with Crippen LogP contribution in [0.2, 0.25) is 0 Å². The second-order valence-electron chi connectivity index (χ2n) is 4.67. The summed E-state index contributed by atoms with van der Waals surface area (Å²) in [5.41, 5.74) is 1.90. The molecule has 2 aromatic rings. The summed E-state index contributed by atoms with van der Waals surface area (Å²) in [6.07, 6.45) is 2.74. The lowest BCUT2D eigenvalue weighted by atomic mass is 10.1. The van der Waals surface area contributed by atoms with Gasteiger partial charge in [-0.2, -0.15) is 10.4 Å². The maximum absolute atomic E-state index is 13.7. The van der Waals surface area contributed by atoms with Crippen molar-refractivity contribution in [3.63, 3.8) is 0 Å². The monoisotopic (exact) mass is 272 g/mol. The average Bonchev–Trinajstić information content (AvgIpc) is 2.88. The molecule has 0 aliphatic heterocycles. The minimum absolute atomic E-state index is 0.0707. The molecule has 1 aromatic heterocycles. The molecule has 1 heterocycles. The number of rotatable bonds is 5. The Labute approximate surface area is 117 Å². The molecule has 4 nitrogen and oxygen atoms in total. The van der Waals surface area contributed by atoms with Crippen LogP contribution in [0, 0.1) is 17.1 Å². The van der Waals surface area contributed by atoms with Crippen LogP contribution in [0.15, 0.2) is 30.5 Å². The average molecular weight is 272 g/mol. The topological polar surface area (TPSA) is 53.6 Å². The Bertz CT molecular complexity index is 627. The molecule has 1 N–H and O–H groups in total. The number of nitrogens with one attached hydrogen (secondary N) is 1. The third-order valence-corrected chi connectivity index (χ3v) is 3.21. The summed E-state index contributed by atoms with van der Waals surface area (Å²) in [6.45, 7) is 2.42. The Morgan fingerprint density at radius 1 is 1.45 bits per heavy atom. The zero-order valence-electron chi connectivity index (χ0n) is 11.6. The number of aromatic nitrogens is 2. The van der Waals surface area contributed by atoms with Crippen LogP contribution in [0.1, 0.15) is 36.2 Å². The Kier molecular flexibility index (Phi) is 4.49. The summed E-state index contributed by atoms with van der Waals surface area (Å²) >= 11 is 0. The molecule has 1 unspecified atom stereocenters. The number of halogens is 1. The molecule has 1 aromatic carbocycles. The Morgan fingerprint density at radius 3 is 2.85 bits per heavy atom. The van der Waals surface area contributed by atoms with E-state index >= 15 is 0 Å². The highest BCUT2D eigenvalue weighted by atomic mass is 19.1. The van der Waals surface area contributed by atoms with Gasteiger partial charge in [-0.05, 0) is 30.7 Å². The Morgan fingerprint density at radius 2 is 2.25 bits per heavy atom. The molecule has 0 radical (unpaired) electrons. The van der Waals surface area contributed by atoms with Crippen molar-refractivity contribution in [1.29, 1.82) is 5.26 Å². The van der Waals surface area contributed by atoms with Crippen molar-refractivity contribution in [2.75, 3.05) is 0 Å². The van der Waals surface area contributed by atoms with Crippen LogP contribution in [0.3, 0.4) is 0 Å². The molecule has 0 saturated carbocycles. The number of hydrogen-bond donors (Lipinski definition) is 1. The molecule has 5 heteroatoms. The highest BCUT2D eigenvalue weighted by molar-refractivity contribution is 5.33. The van der Waals surface area contributed by atoms with Gasteiger partial charge in [0, 0.05) is 25.4 Å². The summed E-state index contributed by atoms with van der Waals surface area (Å²) in [5, 5.41) is 16.5. The van der Waals surface area contributed by atoms with Gasteiger partial charge >= 0.3 is 0 Å². The van der Waals surface area contributed by atoms with Crippen LogP contribution in [0.25, 0.3) is 0 Å². The van der Waals surface area contributed by atoms with Crippen molar-refractivity contribution in [2.24, 2.45) is 7.05 Å². The fraction of sp³-hybridized carbons (Fsp3) is 0.333. The summed E-state index contributed by atoms with van der Waals surface area (Å²) in [5.74, 6) is -0.299. The van der Waals surface area contributed by atoms with Crippen LogP contribution < -0.4 is 5.32 Å². The minimum atomic E-state index is -0.299. The number of benzene rings is 1. The SMILES string of the molecule is CCC(NCc1cc(C#N)ccc1F)c1ccn(C)n1. The number of nitriles is 1. The molecule has 0 spiro atoms. The van der Waals surface area contributed by atoms with Gasteiger partial charge in [0.15, 0.2) is 0 Å². The highest BCUT2D eigenvalue weighted by Crippen LogP contribution is 2.16. The minimum Gasteiger partial charge on any atom is -0.304 e. The van der Waals surface area contributed by atoms with E-state index in [0.29, 0.717) is 17.7 Å². The molecule has 0 saturated heterocycles. The Balaban J connectivity index is 2.09. The molecule has 0 aliphatic rings. The third-order valence-electron chi connectivity index (χ3n) is 3.21. The van der Waals surface area contributed by atoms with E-state index in [2.05, 4.69) is 17.3 Å². The van der Waals surface area contributed by atoms with Gasteiger partial charge in [0.1, 0.15) is 5.82 Å². The normalized spacial score (nSPS) is 12.1. The maximum atomic E-state index is 13.7. The largest absolute Gasteiger partial charge is 0.304 e. The number of aryl methyl sites for hydroxylation is 1. The molecule has 0 fully saturated rings. The van der Waals surface area contributed by atoms with Gasteiger partial charge < -0.3 is 5.32 Å². The lowest BCUT2D eigenvalue weighted by Crippen LogP contribution is -2.21. The van der Waals surface area contributed by atoms with Gasteiger partial charge in [-0.25, -0.2) is 4.39 Å². The van der Waals surface area contributed by atoms with Crippen molar-refractivity contribution < 1.29 is 4.39 Å². The van der Waals surface area contributed by atoms with Crippen LogP contribution in [0.4, 0.5) is 4.39 Å². The highest BCUT2D eigenvalue weighted by Gasteiger charge is 2.12. The number of nitrogens with zero attached hydrogens (tertiary/aromatic N) is 3. The Hall–Kier alpha value is -2.19. The van der Waals surface area contributed by atoms with E-state index in [0.717, 1.165) is 12.1 Å². The van der Waals surface area contributed by atoms with Crippen molar-refractivity contribution in [2.45, 2.75) is 25.9 Å². The van der Waals surface area contributed by atoms with Gasteiger partial charge in [-0.1, -0.05) is 6.92 Å². The lowest BCUT2D eigenvalue weighted by Gasteiger charge is -2.15. The zero-order valence-corrected chi connectivity index (χ0v) is 11.6. The molecular formula is C15H17FN4. The zero-order chi connectivity index (χ0) is 14.5. The fourth-order valence-electron chi connectivity index (χ4n) is 2.09. The first-order valence-electron chi connectivity index (χ1n) is 6.55. The molecule has 104 valence electrons. The van der Waals surface area contributed by atoms with E-state index in [1.54, 1.807) is 10.7 Å². The molecule has 0 aliphatic carbocycles. The second-order valence-corrected chi connectivity index (χ2v) is 4.67. The molecule has 20 heavy (non-hydrogen) atoms. The fourth-order valence-corrected chi connectivity index (χ4v) is 2.09. The maximum Gasteiger partial charge on any atom is 0.127 e. The summed E-state index contributed by atoms with van der Waals surface area (Å²) in [4.78, 5) is 0. The van der Waals surface area contributed by atoms with Gasteiger partial charge in [-0.15, -0.1) is 0 Å². The van der Waals surface area contributed by atoms with E-state index in [1.165, 1.54) is 12.1 Å². The smallest absolute Gasteiger partial charge is 0.127 e. The summed E-state index contributed by atoms with van der Waals surface area (Å²) in [6, 6.07) is 8.43. The van der Waals surface area contributed by atoms with Gasteiger partial charge in [0.25, 0.3) is 0 Å². The van der Waals surface area contributed by atoms with E-state index in [-0.39, 0.29) is 11.9 Å². The first kappa shape index (κ1) is 14.2. The van der Waals surface area contributed by atoms with E-state index < -0.39 is 0 Å². The van der Waals surface area contributed by atoms with Gasteiger partial charge in [0.05, 0.1) is 23.4 Å². The van der Waals surface area contributed by atoms with E-state index in [4.69, 9.17) is 5.26 Å². The predicted octanol–water partition coefficient (Wildman–Crippen LogP) is 2.67. The van der Waals surface area contributed by atoms with Crippen molar-refractivity contribution in [3.8, 4) is 6.07 Å². The summed E-state index contributed by atoms with van der Waals surface area (Å²) in [7, 11) is 1.87. The lowest BCUT2D eigenvalue weighted by molar-refractivity contribution is 0.489. The molecular weight excluding hydrogens is 255 g/mol. The van der Waals surface area contributed by atoms with Gasteiger partial charge in [-0.3, -0.25) is 4.68 Å². The molecule has 0 amide bonds. The number of hydrogen-bond acceptors (Lipinski definition) is 3. The van der Waals surface area contributed by atoms with Crippen molar-refractivity contribution in [1.82, 2.24) is 15.1 Å². The first-order chi connectivity index (χ1) is 9.63. The van der Waals surface area contributed by atoms with Crippen LogP contribution in [0.5, 0.6) is 0 Å². The van der Waals surface area contributed by atoms with Crippen LogP contribution in [-0.2, 0) is 13.6 Å². The van der Waals surface area contributed by atoms with Crippen LogP contribution in [-0.4, -0.2) is 9.78 Å². The quantitative estimate of drug-likeness (QED) is 0.910. The third kappa shape index (κ3) is 3.22. The van der Waals surface area contributed by atoms with E-state index in [1.807, 2.05) is 25.4 Å². The summed E-state index contributed by atoms with van der Waals surface area (Å²) < 4.78 is 15.4. The van der Waals surface area contributed by atoms with Gasteiger partial charge in [0.2, 0.25) is 0 Å². The predicted molar refractivity (Wildman–Crippen MR) is 74.2 cm³/mol. The first-order valence-corrected chi connectivity index (χ1v) is 6.55. The van der Waals surface area contributed by atoms with Crippen molar-refractivity contribution >= 4 is 0 Å². The molecule has 0 bridgehead atoms.